The number of hydrogen-bond acceptors (Lipinski definition) is 10. The van der Waals surface area contributed by atoms with Crippen LogP contribution >= 0.6 is 0 Å². The molecule has 1 atom stereocenters. The van der Waals surface area contributed by atoms with E-state index in [0.29, 0.717) is 74.4 Å². The number of alkyl halides is 3. The maximum atomic E-state index is 13.8. The Kier molecular flexibility index (Phi) is 9.11. The van der Waals surface area contributed by atoms with Gasteiger partial charge in [-0.15, -0.1) is 5.92 Å². The second-order valence-electron chi connectivity index (χ2n) is 11.9. The van der Waals surface area contributed by atoms with Gasteiger partial charge in [0.2, 0.25) is 11.8 Å². The van der Waals surface area contributed by atoms with E-state index in [1.54, 1.807) is 14.0 Å². The highest BCUT2D eigenvalue weighted by Gasteiger charge is 2.30. The van der Waals surface area contributed by atoms with Gasteiger partial charge >= 0.3 is 17.9 Å². The summed E-state index contributed by atoms with van der Waals surface area (Å²) in [5, 5.41) is 3.95. The number of benzene rings is 1. The summed E-state index contributed by atoms with van der Waals surface area (Å²) in [6.07, 6.45) is -2.00. The summed E-state index contributed by atoms with van der Waals surface area (Å²) < 4.78 is 48.6. The minimum Gasteiger partial charge on any atom is -0.341 e. The first-order chi connectivity index (χ1) is 22.5. The number of hydrogen-bond donors (Lipinski definition) is 1. The molecular formula is C31H37F3N10O3. The number of nitrogens with two attached hydrogens (primary N) is 1. The van der Waals surface area contributed by atoms with Gasteiger partial charge in [0.05, 0.1) is 12.1 Å². The Morgan fingerprint density at radius 1 is 1.00 bits per heavy atom. The van der Waals surface area contributed by atoms with Crippen molar-refractivity contribution in [1.29, 1.82) is 0 Å². The molecule has 250 valence electrons. The van der Waals surface area contributed by atoms with E-state index in [9.17, 15) is 22.8 Å². The van der Waals surface area contributed by atoms with Crippen molar-refractivity contribution in [2.45, 2.75) is 51.5 Å². The zero-order chi connectivity index (χ0) is 33.3. The SMILES string of the molecule is CC#CCn1c(N2CCC[C@@H](N)C2)nc2c1c(=O)n(CCCN1CCN(c3nc(-c4ccc(C(F)(F)F)cc4)no3)CC1)c(=O)n2C. The average molecular weight is 655 g/mol. The molecule has 0 spiro atoms. The van der Waals surface area contributed by atoms with Crippen molar-refractivity contribution in [3.05, 3.63) is 50.7 Å². The maximum absolute atomic E-state index is 13.8. The van der Waals surface area contributed by atoms with Gasteiger partial charge in [-0.05, 0) is 44.9 Å². The molecule has 2 saturated heterocycles. The van der Waals surface area contributed by atoms with Crippen LogP contribution < -0.4 is 26.8 Å². The Labute approximate surface area is 268 Å². The number of fused-ring (bicyclic) bond motifs is 1. The topological polar surface area (TPSA) is 136 Å². The van der Waals surface area contributed by atoms with Gasteiger partial charge in [-0.1, -0.05) is 23.2 Å². The van der Waals surface area contributed by atoms with Crippen LogP contribution in [-0.2, 0) is 26.3 Å². The third-order valence-corrected chi connectivity index (χ3v) is 8.75. The van der Waals surface area contributed by atoms with Crippen molar-refractivity contribution in [1.82, 2.24) is 33.7 Å². The molecule has 0 radical (unpaired) electrons. The van der Waals surface area contributed by atoms with Gasteiger partial charge in [0, 0.05) is 64.5 Å². The molecule has 0 unspecified atom stereocenters. The molecule has 5 heterocycles. The van der Waals surface area contributed by atoms with E-state index in [1.165, 1.54) is 21.3 Å². The normalized spacial score (nSPS) is 17.7. The molecule has 6 rings (SSSR count). The van der Waals surface area contributed by atoms with Crippen LogP contribution in [0.2, 0.25) is 0 Å². The Hall–Kier alpha value is -4.62. The van der Waals surface area contributed by atoms with Crippen LogP contribution in [0, 0.1) is 11.8 Å². The molecule has 13 nitrogen and oxygen atoms in total. The molecule has 1 aromatic carbocycles. The molecule has 0 saturated carbocycles. The van der Waals surface area contributed by atoms with E-state index in [2.05, 4.69) is 31.8 Å². The van der Waals surface area contributed by atoms with Gasteiger partial charge in [-0.3, -0.25) is 23.4 Å². The Bertz CT molecular complexity index is 1910. The van der Waals surface area contributed by atoms with Gasteiger partial charge in [0.1, 0.15) is 0 Å². The lowest BCUT2D eigenvalue weighted by molar-refractivity contribution is -0.137. The average Bonchev–Trinajstić information content (AvgIpc) is 3.70. The standard InChI is InChI=1S/C31H37F3N10O3/c1-3-4-14-43-24-26(37-28(43)42-13-5-7-23(35)20-42)39(2)30(46)44(27(24)45)15-6-12-40-16-18-41(19-17-40)29-36-25(38-47-29)21-8-10-22(11-9-21)31(32,33)34/h8-11,23H,5-7,12-20,35H2,1-2H3/t23-/m1/s1. The Balaban J connectivity index is 1.10. The van der Waals surface area contributed by atoms with Crippen LogP contribution in [0.15, 0.2) is 38.4 Å². The van der Waals surface area contributed by atoms with Gasteiger partial charge < -0.3 is 20.1 Å². The summed E-state index contributed by atoms with van der Waals surface area (Å²) in [5.41, 5.74) is 5.81. The highest BCUT2D eigenvalue weighted by atomic mass is 19.4. The fourth-order valence-corrected chi connectivity index (χ4v) is 6.18. The minimum absolute atomic E-state index is 0.00815. The fourth-order valence-electron chi connectivity index (χ4n) is 6.18. The second-order valence-corrected chi connectivity index (χ2v) is 11.9. The molecule has 2 fully saturated rings. The monoisotopic (exact) mass is 654 g/mol. The molecule has 2 aliphatic rings. The van der Waals surface area contributed by atoms with Crippen molar-refractivity contribution < 1.29 is 17.7 Å². The number of anilines is 2. The quantitative estimate of drug-likeness (QED) is 0.282. The first-order valence-corrected chi connectivity index (χ1v) is 15.6. The number of halogens is 3. The van der Waals surface area contributed by atoms with Crippen LogP contribution in [0.1, 0.15) is 31.7 Å². The number of nitrogens with zero attached hydrogens (tertiary/aromatic N) is 9. The molecule has 47 heavy (non-hydrogen) atoms. The Morgan fingerprint density at radius 2 is 1.74 bits per heavy atom. The molecule has 16 heteroatoms. The molecule has 2 aliphatic heterocycles. The van der Waals surface area contributed by atoms with E-state index in [1.807, 2.05) is 9.47 Å². The molecule has 2 N–H and O–H groups in total. The van der Waals surface area contributed by atoms with Crippen LogP contribution in [0.4, 0.5) is 25.1 Å². The van der Waals surface area contributed by atoms with Crippen LogP contribution in [0.25, 0.3) is 22.6 Å². The van der Waals surface area contributed by atoms with Crippen molar-refractivity contribution >= 4 is 23.1 Å². The van der Waals surface area contributed by atoms with Crippen molar-refractivity contribution in [3.8, 4) is 23.2 Å². The zero-order valence-electron chi connectivity index (χ0n) is 26.3. The van der Waals surface area contributed by atoms with Gasteiger partial charge in [-0.25, -0.2) is 4.79 Å². The van der Waals surface area contributed by atoms with E-state index >= 15 is 0 Å². The fraction of sp³-hybridized carbons (Fsp3) is 0.516. The summed E-state index contributed by atoms with van der Waals surface area (Å²) in [5.74, 6) is 6.76. The highest BCUT2D eigenvalue weighted by Crippen LogP contribution is 2.31. The lowest BCUT2D eigenvalue weighted by Gasteiger charge is -2.33. The second kappa shape index (κ2) is 13.2. The van der Waals surface area contributed by atoms with E-state index < -0.39 is 17.4 Å². The first-order valence-electron chi connectivity index (χ1n) is 15.6. The number of imidazole rings is 1. The smallest absolute Gasteiger partial charge is 0.341 e. The summed E-state index contributed by atoms with van der Waals surface area (Å²) in [4.78, 5) is 42.5. The molecule has 0 amide bonds. The number of piperazine rings is 1. The third kappa shape index (κ3) is 6.63. The predicted molar refractivity (Wildman–Crippen MR) is 170 cm³/mol. The molecule has 3 aromatic heterocycles. The van der Waals surface area contributed by atoms with Gasteiger partial charge in [0.25, 0.3) is 5.56 Å². The van der Waals surface area contributed by atoms with Crippen LogP contribution in [0.5, 0.6) is 0 Å². The molecular weight excluding hydrogens is 617 g/mol. The van der Waals surface area contributed by atoms with Crippen molar-refractivity contribution in [3.63, 3.8) is 0 Å². The van der Waals surface area contributed by atoms with Gasteiger partial charge in [-0.2, -0.15) is 23.1 Å². The van der Waals surface area contributed by atoms with E-state index in [0.717, 1.165) is 31.5 Å². The van der Waals surface area contributed by atoms with Crippen LogP contribution in [-0.4, -0.2) is 85.6 Å². The summed E-state index contributed by atoms with van der Waals surface area (Å²) in [7, 11) is 1.63. The first kappa shape index (κ1) is 32.3. The highest BCUT2D eigenvalue weighted by molar-refractivity contribution is 5.75. The number of piperidine rings is 1. The number of rotatable bonds is 8. The van der Waals surface area contributed by atoms with Gasteiger partial charge in [0.15, 0.2) is 11.2 Å². The lowest BCUT2D eigenvalue weighted by atomic mass is 10.1. The molecule has 0 bridgehead atoms. The van der Waals surface area contributed by atoms with Crippen LogP contribution in [0.3, 0.4) is 0 Å². The maximum Gasteiger partial charge on any atom is 0.416 e. The van der Waals surface area contributed by atoms with Crippen molar-refractivity contribution in [2.75, 3.05) is 55.6 Å². The molecule has 4 aromatic rings. The largest absolute Gasteiger partial charge is 0.416 e. The zero-order valence-corrected chi connectivity index (χ0v) is 26.3. The minimum atomic E-state index is -4.42. The number of aryl methyl sites for hydroxylation is 1. The number of aromatic nitrogens is 6. The lowest BCUT2D eigenvalue weighted by Crippen LogP contribution is -2.47. The van der Waals surface area contributed by atoms with E-state index in [-0.39, 0.29) is 30.5 Å². The summed E-state index contributed by atoms with van der Waals surface area (Å²) in [6, 6.07) is 4.94. The Morgan fingerprint density at radius 3 is 2.43 bits per heavy atom. The summed E-state index contributed by atoms with van der Waals surface area (Å²) >= 11 is 0. The predicted octanol–water partition coefficient (Wildman–Crippen LogP) is 2.13. The van der Waals surface area contributed by atoms with Crippen molar-refractivity contribution in [2.24, 2.45) is 12.8 Å². The molecule has 0 aliphatic carbocycles. The third-order valence-electron chi connectivity index (χ3n) is 8.75. The summed E-state index contributed by atoms with van der Waals surface area (Å²) in [6.45, 7) is 6.89. The van der Waals surface area contributed by atoms with E-state index in [4.69, 9.17) is 15.2 Å².